The zero-order valence-electron chi connectivity index (χ0n) is 26.0. The van der Waals surface area contributed by atoms with Gasteiger partial charge in [0.15, 0.2) is 0 Å². The van der Waals surface area contributed by atoms with Crippen molar-refractivity contribution < 1.29 is 10.2 Å². The fourth-order valence-electron chi connectivity index (χ4n) is 5.04. The molecule has 0 aliphatic carbocycles. The van der Waals surface area contributed by atoms with Gasteiger partial charge < -0.3 is 10.2 Å². The molecule has 0 spiro atoms. The number of aromatic nitrogens is 6. The predicted octanol–water partition coefficient (Wildman–Crippen LogP) is 7.74. The van der Waals surface area contributed by atoms with Crippen molar-refractivity contribution in [1.29, 1.82) is 0 Å². The second kappa shape index (κ2) is 11.5. The first kappa shape index (κ1) is 29.8. The third-order valence-corrected chi connectivity index (χ3v) is 6.82. The van der Waals surface area contributed by atoms with Crippen LogP contribution in [0.1, 0.15) is 58.2 Å². The summed E-state index contributed by atoms with van der Waals surface area (Å²) in [6.45, 7) is 15.2. The fourth-order valence-corrected chi connectivity index (χ4v) is 5.04. The van der Waals surface area contributed by atoms with E-state index >= 15 is 0 Å². The van der Waals surface area contributed by atoms with Crippen LogP contribution in [-0.2, 0) is 12.8 Å². The van der Waals surface area contributed by atoms with Gasteiger partial charge in [0.1, 0.15) is 44.9 Å². The highest BCUT2D eigenvalue weighted by Gasteiger charge is 2.21. The van der Waals surface area contributed by atoms with Crippen molar-refractivity contribution in [3.63, 3.8) is 0 Å². The van der Waals surface area contributed by atoms with E-state index in [0.29, 0.717) is 11.4 Å². The van der Waals surface area contributed by atoms with Gasteiger partial charge in [0.25, 0.3) is 0 Å². The molecule has 2 aromatic heterocycles. The Morgan fingerprint density at radius 2 is 1.05 bits per heavy atom. The standard InChI is InChI=1S/C22H29N3O.C13H11N3O/c1-21(2,3)13-15-11-16(14-22(4,5)6)20(26)19(12-15)25-23-17-9-7-8-10-18(17)24-25;1-9-6-7-13(17)12(8-9)16-14-10-4-2-3-5-11(10)15-16/h7-12,26H,13-14H2,1-6H3;2-8,17H,1H3. The van der Waals surface area contributed by atoms with Gasteiger partial charge in [-0.25, -0.2) is 0 Å². The Morgan fingerprint density at radius 1 is 0.581 bits per heavy atom. The van der Waals surface area contributed by atoms with Gasteiger partial charge in [0, 0.05) is 0 Å². The summed E-state index contributed by atoms with van der Waals surface area (Å²) in [6, 6.07) is 24.9. The molecule has 2 heterocycles. The smallest absolute Gasteiger partial charge is 0.146 e. The average molecular weight is 577 g/mol. The maximum Gasteiger partial charge on any atom is 0.146 e. The van der Waals surface area contributed by atoms with E-state index in [-0.39, 0.29) is 22.3 Å². The summed E-state index contributed by atoms with van der Waals surface area (Å²) in [7, 11) is 0. The van der Waals surface area contributed by atoms with Gasteiger partial charge in [-0.2, -0.15) is 0 Å². The normalized spacial score (nSPS) is 12.0. The number of phenolic OH excluding ortho intramolecular Hbond substituents is 2. The molecule has 2 N–H and O–H groups in total. The van der Waals surface area contributed by atoms with Gasteiger partial charge in [-0.1, -0.05) is 77.9 Å². The predicted molar refractivity (Wildman–Crippen MR) is 172 cm³/mol. The number of aryl methyl sites for hydroxylation is 1. The summed E-state index contributed by atoms with van der Waals surface area (Å²) in [5, 5.41) is 38.6. The molecule has 0 saturated heterocycles. The molecule has 6 aromatic rings. The van der Waals surface area contributed by atoms with Crippen LogP contribution in [0.15, 0.2) is 78.9 Å². The van der Waals surface area contributed by atoms with E-state index < -0.39 is 0 Å². The molecule has 6 rings (SSSR count). The molecule has 0 aliphatic heterocycles. The number of nitrogens with zero attached hydrogens (tertiary/aromatic N) is 6. The van der Waals surface area contributed by atoms with Crippen LogP contribution in [-0.4, -0.2) is 40.2 Å². The largest absolute Gasteiger partial charge is 0.506 e. The quantitative estimate of drug-likeness (QED) is 0.223. The van der Waals surface area contributed by atoms with Gasteiger partial charge in [-0.05, 0) is 89.8 Å². The maximum absolute atomic E-state index is 11.0. The Labute approximate surface area is 252 Å². The molecular weight excluding hydrogens is 536 g/mol. The Bertz CT molecular complexity index is 1820. The van der Waals surface area contributed by atoms with Gasteiger partial charge in [-0.15, -0.1) is 30.0 Å². The topological polar surface area (TPSA) is 102 Å². The minimum absolute atomic E-state index is 0.0807. The first-order chi connectivity index (χ1) is 20.3. The molecule has 0 atom stereocenters. The van der Waals surface area contributed by atoms with Crippen LogP contribution >= 0.6 is 0 Å². The molecule has 8 heteroatoms. The lowest BCUT2D eigenvalue weighted by atomic mass is 9.84. The highest BCUT2D eigenvalue weighted by molar-refractivity contribution is 5.74. The number of hydrogen-bond donors (Lipinski definition) is 2. The highest BCUT2D eigenvalue weighted by Crippen LogP contribution is 2.34. The Morgan fingerprint density at radius 3 is 1.51 bits per heavy atom. The second-order valence-electron chi connectivity index (χ2n) is 13.5. The minimum atomic E-state index is 0.0807. The van der Waals surface area contributed by atoms with Crippen molar-refractivity contribution in [1.82, 2.24) is 30.0 Å². The van der Waals surface area contributed by atoms with Crippen molar-refractivity contribution in [2.24, 2.45) is 10.8 Å². The lowest BCUT2D eigenvalue weighted by Gasteiger charge is -2.23. The number of aromatic hydroxyl groups is 2. The first-order valence-corrected chi connectivity index (χ1v) is 14.6. The third kappa shape index (κ3) is 7.20. The van der Waals surface area contributed by atoms with Crippen LogP contribution in [0.5, 0.6) is 11.5 Å². The Hall–Kier alpha value is -4.72. The van der Waals surface area contributed by atoms with Gasteiger partial charge in [-0.3, -0.25) is 0 Å². The Balaban J connectivity index is 0.000000186. The van der Waals surface area contributed by atoms with Crippen LogP contribution in [0.3, 0.4) is 0 Å². The lowest BCUT2D eigenvalue weighted by molar-refractivity contribution is 0.390. The molecule has 0 fully saturated rings. The highest BCUT2D eigenvalue weighted by atomic mass is 16.3. The van der Waals surface area contributed by atoms with Crippen LogP contribution in [0.25, 0.3) is 33.4 Å². The monoisotopic (exact) mass is 576 g/mol. The number of fused-ring (bicyclic) bond motifs is 2. The molecule has 4 aromatic carbocycles. The molecule has 0 saturated carbocycles. The molecule has 0 radical (unpaired) electrons. The third-order valence-electron chi connectivity index (χ3n) is 6.82. The molecular formula is C35H40N6O2. The van der Waals surface area contributed by atoms with Crippen LogP contribution < -0.4 is 0 Å². The lowest BCUT2D eigenvalue weighted by Crippen LogP contribution is -2.13. The van der Waals surface area contributed by atoms with Crippen molar-refractivity contribution in [2.45, 2.75) is 61.3 Å². The first-order valence-electron chi connectivity index (χ1n) is 14.6. The second-order valence-corrected chi connectivity index (χ2v) is 13.5. The van der Waals surface area contributed by atoms with Gasteiger partial charge in [0.05, 0.1) is 0 Å². The van der Waals surface area contributed by atoms with Crippen LogP contribution in [0.4, 0.5) is 0 Å². The van der Waals surface area contributed by atoms with E-state index in [2.05, 4.69) is 68.0 Å². The molecule has 43 heavy (non-hydrogen) atoms. The molecule has 0 amide bonds. The fraction of sp³-hybridized carbons (Fsp3) is 0.314. The van der Waals surface area contributed by atoms with Crippen molar-refractivity contribution in [3.05, 3.63) is 95.6 Å². The SMILES string of the molecule is CC(C)(C)Cc1cc(CC(C)(C)C)c(O)c(-n2nc3ccccc3n2)c1.Cc1ccc(O)c(-n2nc3ccccc3n2)c1. The van der Waals surface area contributed by atoms with E-state index in [4.69, 9.17) is 0 Å². The average Bonchev–Trinajstić information content (AvgIpc) is 3.55. The van der Waals surface area contributed by atoms with Crippen molar-refractivity contribution >= 4 is 22.1 Å². The van der Waals surface area contributed by atoms with E-state index in [1.807, 2.05) is 73.7 Å². The summed E-state index contributed by atoms with van der Waals surface area (Å²) < 4.78 is 0. The van der Waals surface area contributed by atoms with E-state index in [9.17, 15) is 10.2 Å². The molecule has 0 bridgehead atoms. The zero-order chi connectivity index (χ0) is 30.9. The summed E-state index contributed by atoms with van der Waals surface area (Å²) in [4.78, 5) is 3.03. The summed E-state index contributed by atoms with van der Waals surface area (Å²) in [5.41, 5.74) is 7.98. The van der Waals surface area contributed by atoms with Crippen LogP contribution in [0, 0.1) is 17.8 Å². The molecule has 0 aliphatic rings. The molecule has 222 valence electrons. The molecule has 8 nitrogen and oxygen atoms in total. The van der Waals surface area contributed by atoms with E-state index in [0.717, 1.165) is 46.0 Å². The van der Waals surface area contributed by atoms with Gasteiger partial charge in [0.2, 0.25) is 0 Å². The number of benzene rings is 4. The van der Waals surface area contributed by atoms with E-state index in [1.54, 1.807) is 10.9 Å². The number of hydrogen-bond acceptors (Lipinski definition) is 6. The maximum atomic E-state index is 11.0. The van der Waals surface area contributed by atoms with Crippen LogP contribution in [0.2, 0.25) is 0 Å². The van der Waals surface area contributed by atoms with Crippen molar-refractivity contribution in [2.75, 3.05) is 0 Å². The van der Waals surface area contributed by atoms with E-state index in [1.165, 1.54) is 10.4 Å². The Kier molecular flexibility index (Phi) is 7.97. The number of rotatable bonds is 4. The summed E-state index contributed by atoms with van der Waals surface area (Å²) in [5.74, 6) is 0.453. The summed E-state index contributed by atoms with van der Waals surface area (Å²) in [6.07, 6.45) is 1.73. The number of phenols is 2. The molecule has 0 unspecified atom stereocenters. The van der Waals surface area contributed by atoms with Gasteiger partial charge >= 0.3 is 0 Å². The summed E-state index contributed by atoms with van der Waals surface area (Å²) >= 11 is 0. The minimum Gasteiger partial charge on any atom is -0.506 e. The van der Waals surface area contributed by atoms with Crippen molar-refractivity contribution in [3.8, 4) is 22.9 Å². The zero-order valence-corrected chi connectivity index (χ0v) is 26.0.